The van der Waals surface area contributed by atoms with Gasteiger partial charge in [-0.2, -0.15) is 0 Å². The first-order chi connectivity index (χ1) is 16.8. The maximum absolute atomic E-state index is 13.4. The zero-order valence-electron chi connectivity index (χ0n) is 20.4. The van der Waals surface area contributed by atoms with E-state index in [-0.39, 0.29) is 11.3 Å². The molecule has 1 heterocycles. The van der Waals surface area contributed by atoms with Crippen LogP contribution in [0.2, 0.25) is 0 Å². The van der Waals surface area contributed by atoms with Gasteiger partial charge in [0.25, 0.3) is 11.7 Å². The van der Waals surface area contributed by atoms with Crippen molar-refractivity contribution < 1.29 is 24.2 Å². The van der Waals surface area contributed by atoms with Crippen molar-refractivity contribution in [2.45, 2.75) is 33.2 Å². The van der Waals surface area contributed by atoms with E-state index in [0.717, 1.165) is 17.5 Å². The molecule has 1 amide bonds. The quantitative estimate of drug-likeness (QED) is 0.271. The molecule has 6 heteroatoms. The Bertz CT molecular complexity index is 1290. The average Bonchev–Trinajstić information content (AvgIpc) is 3.14. The molecule has 0 aromatic heterocycles. The number of Topliss-reactive ketones (excluding diaryl/α,β-unsaturated/α-hetero) is 1. The van der Waals surface area contributed by atoms with Crippen LogP contribution < -0.4 is 14.4 Å². The molecule has 0 aliphatic carbocycles. The number of carbonyl (C=O) groups excluding carboxylic acids is 2. The molecule has 6 nitrogen and oxygen atoms in total. The van der Waals surface area contributed by atoms with Crippen molar-refractivity contribution in [2.24, 2.45) is 0 Å². The number of anilines is 1. The van der Waals surface area contributed by atoms with Gasteiger partial charge in [-0.3, -0.25) is 14.5 Å². The second-order valence-corrected chi connectivity index (χ2v) is 8.61. The molecule has 1 aliphatic rings. The highest BCUT2D eigenvalue weighted by atomic mass is 16.5. The smallest absolute Gasteiger partial charge is 0.300 e. The highest BCUT2D eigenvalue weighted by Crippen LogP contribution is 2.43. The van der Waals surface area contributed by atoms with Gasteiger partial charge in [0.2, 0.25) is 0 Å². The third kappa shape index (κ3) is 4.64. The van der Waals surface area contributed by atoms with Crippen LogP contribution in [0.25, 0.3) is 5.76 Å². The van der Waals surface area contributed by atoms with Crippen LogP contribution in [-0.2, 0) is 9.59 Å². The van der Waals surface area contributed by atoms with Crippen LogP contribution in [0.15, 0.2) is 72.3 Å². The molecule has 1 saturated heterocycles. The maximum Gasteiger partial charge on any atom is 0.300 e. The Morgan fingerprint density at radius 2 is 1.71 bits per heavy atom. The normalized spacial score (nSPS) is 17.0. The highest BCUT2D eigenvalue weighted by molar-refractivity contribution is 6.51. The number of carbonyl (C=O) groups is 2. The number of amides is 1. The van der Waals surface area contributed by atoms with Crippen molar-refractivity contribution in [3.63, 3.8) is 0 Å². The summed E-state index contributed by atoms with van der Waals surface area (Å²) in [5.74, 6) is -0.375. The fourth-order valence-corrected chi connectivity index (χ4v) is 4.28. The number of benzene rings is 3. The largest absolute Gasteiger partial charge is 0.507 e. The van der Waals surface area contributed by atoms with Gasteiger partial charge in [0.1, 0.15) is 17.3 Å². The first kappa shape index (κ1) is 24.1. The summed E-state index contributed by atoms with van der Waals surface area (Å²) >= 11 is 0. The number of methoxy groups -OCH3 is 1. The summed E-state index contributed by atoms with van der Waals surface area (Å²) in [5, 5.41) is 11.4. The van der Waals surface area contributed by atoms with Crippen LogP contribution >= 0.6 is 0 Å². The van der Waals surface area contributed by atoms with Gasteiger partial charge >= 0.3 is 0 Å². The molecule has 35 heavy (non-hydrogen) atoms. The Morgan fingerprint density at radius 1 is 0.971 bits per heavy atom. The number of ether oxygens (including phenoxy) is 2. The fourth-order valence-electron chi connectivity index (χ4n) is 4.28. The summed E-state index contributed by atoms with van der Waals surface area (Å²) in [7, 11) is 1.54. The summed E-state index contributed by atoms with van der Waals surface area (Å²) in [4.78, 5) is 28.2. The Morgan fingerprint density at radius 3 is 2.40 bits per heavy atom. The first-order valence-electron chi connectivity index (χ1n) is 11.6. The Kier molecular flexibility index (Phi) is 6.92. The maximum atomic E-state index is 13.4. The molecule has 3 aromatic carbocycles. The van der Waals surface area contributed by atoms with Crippen molar-refractivity contribution in [3.05, 3.63) is 94.6 Å². The molecule has 1 aliphatic heterocycles. The molecule has 0 spiro atoms. The van der Waals surface area contributed by atoms with E-state index in [2.05, 4.69) is 0 Å². The molecule has 0 saturated carbocycles. The van der Waals surface area contributed by atoms with E-state index in [4.69, 9.17) is 9.47 Å². The Balaban J connectivity index is 1.91. The molecule has 1 unspecified atom stereocenters. The molecular weight excluding hydrogens is 442 g/mol. The second-order valence-electron chi connectivity index (χ2n) is 8.61. The van der Waals surface area contributed by atoms with Gasteiger partial charge in [0.05, 0.1) is 25.3 Å². The van der Waals surface area contributed by atoms with Crippen molar-refractivity contribution >= 4 is 23.1 Å². The van der Waals surface area contributed by atoms with E-state index in [1.165, 1.54) is 4.90 Å². The van der Waals surface area contributed by atoms with Crippen LogP contribution in [0.1, 0.15) is 41.6 Å². The van der Waals surface area contributed by atoms with Gasteiger partial charge in [-0.05, 0) is 61.7 Å². The Labute approximate surface area is 205 Å². The van der Waals surface area contributed by atoms with Crippen LogP contribution in [0.5, 0.6) is 11.5 Å². The van der Waals surface area contributed by atoms with E-state index in [1.807, 2.05) is 63.2 Å². The zero-order chi connectivity index (χ0) is 25.1. The van der Waals surface area contributed by atoms with Crippen LogP contribution in [-0.4, -0.2) is 30.5 Å². The molecule has 180 valence electrons. The molecule has 0 bridgehead atoms. The molecule has 1 N–H and O–H groups in total. The third-order valence-corrected chi connectivity index (χ3v) is 6.09. The topological polar surface area (TPSA) is 76.1 Å². The lowest BCUT2D eigenvalue weighted by atomic mass is 9.93. The molecule has 1 atom stereocenters. The summed E-state index contributed by atoms with van der Waals surface area (Å²) in [6.07, 6.45) is 0.883. The number of hydrogen-bond donors (Lipinski definition) is 1. The van der Waals surface area contributed by atoms with Gasteiger partial charge in [-0.15, -0.1) is 0 Å². The van der Waals surface area contributed by atoms with Crippen LogP contribution in [0.4, 0.5) is 5.69 Å². The lowest BCUT2D eigenvalue weighted by molar-refractivity contribution is -0.132. The third-order valence-electron chi connectivity index (χ3n) is 6.09. The number of hydrogen-bond acceptors (Lipinski definition) is 5. The first-order valence-corrected chi connectivity index (χ1v) is 11.6. The van der Waals surface area contributed by atoms with E-state index in [0.29, 0.717) is 34.9 Å². The molecular formula is C29H29NO5. The lowest BCUT2D eigenvalue weighted by Crippen LogP contribution is -2.29. The number of aliphatic hydroxyl groups is 1. The summed E-state index contributed by atoms with van der Waals surface area (Å²) in [6, 6.07) is 19.1. The van der Waals surface area contributed by atoms with Crippen molar-refractivity contribution in [1.82, 2.24) is 0 Å². The van der Waals surface area contributed by atoms with Crippen molar-refractivity contribution in [1.29, 1.82) is 0 Å². The van der Waals surface area contributed by atoms with Crippen molar-refractivity contribution in [3.8, 4) is 11.5 Å². The number of aliphatic hydroxyl groups excluding tert-OH is 1. The second kappa shape index (κ2) is 10.1. The number of nitrogens with zero attached hydrogens (tertiary/aromatic N) is 1. The lowest BCUT2D eigenvalue weighted by Gasteiger charge is -2.26. The van der Waals surface area contributed by atoms with Crippen molar-refractivity contribution in [2.75, 3.05) is 18.6 Å². The monoisotopic (exact) mass is 471 g/mol. The minimum atomic E-state index is -0.817. The fraction of sp³-hybridized carbons (Fsp3) is 0.241. The summed E-state index contributed by atoms with van der Waals surface area (Å²) < 4.78 is 11.0. The number of rotatable bonds is 7. The van der Waals surface area contributed by atoms with Gasteiger partial charge < -0.3 is 14.6 Å². The molecule has 1 fully saturated rings. The van der Waals surface area contributed by atoms with Gasteiger partial charge in [0.15, 0.2) is 0 Å². The molecule has 3 aromatic rings. The molecule has 4 rings (SSSR count). The standard InChI is InChI=1S/C29H29NO5/c1-5-15-35-22-13-11-20(12-14-22)26-25(27(31)24-16-18(2)9-10-19(24)3)28(32)29(33)30(26)21-7-6-8-23(17-21)34-4/h6-14,16-17,26,31H,5,15H2,1-4H3/b27-25+. The van der Waals surface area contributed by atoms with Crippen LogP contribution in [0, 0.1) is 13.8 Å². The van der Waals surface area contributed by atoms with E-state index >= 15 is 0 Å². The van der Waals surface area contributed by atoms with E-state index in [9.17, 15) is 14.7 Å². The highest BCUT2D eigenvalue weighted by Gasteiger charge is 2.47. The zero-order valence-corrected chi connectivity index (χ0v) is 20.4. The SMILES string of the molecule is CCCOc1ccc(C2/C(=C(\O)c3cc(C)ccc3C)C(=O)C(=O)N2c2cccc(OC)c2)cc1. The van der Waals surface area contributed by atoms with Gasteiger partial charge in [0, 0.05) is 17.3 Å². The van der Waals surface area contributed by atoms with E-state index in [1.54, 1.807) is 31.4 Å². The summed E-state index contributed by atoms with van der Waals surface area (Å²) in [6.45, 7) is 6.40. The number of ketones is 1. The van der Waals surface area contributed by atoms with E-state index < -0.39 is 17.7 Å². The van der Waals surface area contributed by atoms with Gasteiger partial charge in [-0.25, -0.2) is 0 Å². The average molecular weight is 472 g/mol. The van der Waals surface area contributed by atoms with Crippen LogP contribution in [0.3, 0.4) is 0 Å². The Hall–Kier alpha value is -4.06. The molecule has 0 radical (unpaired) electrons. The summed E-state index contributed by atoms with van der Waals surface area (Å²) in [5.41, 5.74) is 3.51. The number of aryl methyl sites for hydroxylation is 2. The van der Waals surface area contributed by atoms with Gasteiger partial charge in [-0.1, -0.05) is 42.8 Å². The predicted octanol–water partition coefficient (Wildman–Crippen LogP) is 5.73. The minimum absolute atomic E-state index is 0.0498. The predicted molar refractivity (Wildman–Crippen MR) is 136 cm³/mol. The minimum Gasteiger partial charge on any atom is -0.507 e.